The van der Waals surface area contributed by atoms with E-state index in [9.17, 15) is 13.5 Å². The fourth-order valence-electron chi connectivity index (χ4n) is 3.24. The maximum Gasteiger partial charge on any atom is 0.243 e. The Balaban J connectivity index is 1.92. The molecule has 4 nitrogen and oxygen atoms in total. The monoisotopic (exact) mass is 295 g/mol. The minimum Gasteiger partial charge on any atom is -0.389 e. The molecular weight excluding hydrogens is 274 g/mol. The Hall–Kier alpha value is -0.910. The quantitative estimate of drug-likeness (QED) is 0.903. The highest BCUT2D eigenvalue weighted by Crippen LogP contribution is 2.29. The van der Waals surface area contributed by atoms with Crippen molar-refractivity contribution in [1.29, 1.82) is 0 Å². The van der Waals surface area contributed by atoms with Gasteiger partial charge in [-0.2, -0.15) is 4.31 Å². The first-order valence-corrected chi connectivity index (χ1v) is 8.67. The first-order valence-electron chi connectivity index (χ1n) is 7.23. The molecule has 1 aromatic rings. The number of nitrogens with zero attached hydrogens (tertiary/aromatic N) is 1. The Morgan fingerprint density at radius 1 is 1.20 bits per heavy atom. The van der Waals surface area contributed by atoms with Crippen LogP contribution in [0.5, 0.6) is 0 Å². The zero-order valence-electron chi connectivity index (χ0n) is 11.8. The first kappa shape index (κ1) is 14.0. The number of fused-ring (bicyclic) bond motifs is 1. The van der Waals surface area contributed by atoms with Crippen molar-refractivity contribution in [3.05, 3.63) is 29.3 Å². The topological polar surface area (TPSA) is 57.6 Å². The van der Waals surface area contributed by atoms with Crippen molar-refractivity contribution in [3.8, 4) is 0 Å². The molecule has 2 aliphatic rings. The van der Waals surface area contributed by atoms with Gasteiger partial charge in [0.1, 0.15) is 0 Å². The zero-order chi connectivity index (χ0) is 14.4. The third-order valence-electron chi connectivity index (χ3n) is 4.35. The summed E-state index contributed by atoms with van der Waals surface area (Å²) in [5.41, 5.74) is 1.52. The summed E-state index contributed by atoms with van der Waals surface area (Å²) in [6.45, 7) is 2.39. The van der Waals surface area contributed by atoms with Crippen molar-refractivity contribution in [2.75, 3.05) is 13.1 Å². The van der Waals surface area contributed by atoms with E-state index in [0.29, 0.717) is 24.3 Å². The van der Waals surface area contributed by atoms with E-state index in [0.717, 1.165) is 24.8 Å². The molecule has 0 amide bonds. The molecule has 1 unspecified atom stereocenters. The molecule has 110 valence electrons. The summed E-state index contributed by atoms with van der Waals surface area (Å²) in [4.78, 5) is 0.371. The Labute approximate surface area is 120 Å². The van der Waals surface area contributed by atoms with E-state index in [1.54, 1.807) is 13.0 Å². The molecule has 0 bridgehead atoms. The predicted molar refractivity (Wildman–Crippen MR) is 77.1 cm³/mol. The van der Waals surface area contributed by atoms with Gasteiger partial charge in [-0.3, -0.25) is 0 Å². The highest BCUT2D eigenvalue weighted by atomic mass is 32.2. The highest BCUT2D eigenvalue weighted by molar-refractivity contribution is 7.89. The number of sulfonamides is 1. The van der Waals surface area contributed by atoms with Crippen LogP contribution in [0.4, 0.5) is 0 Å². The minimum atomic E-state index is -3.48. The number of rotatable bonds is 2. The lowest BCUT2D eigenvalue weighted by Gasteiger charge is -2.36. The summed E-state index contributed by atoms with van der Waals surface area (Å²) in [7, 11) is -3.48. The van der Waals surface area contributed by atoms with Crippen LogP contribution < -0.4 is 0 Å². The second kappa shape index (κ2) is 4.83. The molecular formula is C15H21NO3S. The van der Waals surface area contributed by atoms with Gasteiger partial charge in [-0.25, -0.2) is 8.42 Å². The van der Waals surface area contributed by atoms with Gasteiger partial charge >= 0.3 is 0 Å². The molecule has 1 aliphatic carbocycles. The van der Waals surface area contributed by atoms with E-state index in [4.69, 9.17) is 0 Å². The third-order valence-corrected chi connectivity index (χ3v) is 6.19. The normalized spacial score (nSPS) is 27.5. The van der Waals surface area contributed by atoms with Gasteiger partial charge in [-0.1, -0.05) is 6.07 Å². The Bertz CT molecular complexity index is 622. The smallest absolute Gasteiger partial charge is 0.243 e. The van der Waals surface area contributed by atoms with Crippen LogP contribution in [0.15, 0.2) is 23.1 Å². The summed E-state index contributed by atoms with van der Waals surface area (Å²) in [6.07, 6.45) is 4.49. The minimum absolute atomic E-state index is 0.187. The van der Waals surface area contributed by atoms with E-state index in [1.165, 1.54) is 9.87 Å². The summed E-state index contributed by atoms with van der Waals surface area (Å²) in [6, 6.07) is 5.47. The number of hydrogen-bond donors (Lipinski definition) is 1. The van der Waals surface area contributed by atoms with Gasteiger partial charge < -0.3 is 5.11 Å². The number of hydrogen-bond acceptors (Lipinski definition) is 3. The number of piperidine rings is 1. The summed E-state index contributed by atoms with van der Waals surface area (Å²) in [5.74, 6) is 0. The number of aryl methyl sites for hydroxylation is 2. The molecule has 0 aromatic heterocycles. The van der Waals surface area contributed by atoms with Crippen molar-refractivity contribution >= 4 is 10.0 Å². The fraction of sp³-hybridized carbons (Fsp3) is 0.600. The standard InChI is InChI=1S/C15H21NO3S/c1-15(17)8-3-9-16(11-15)20(18,19)14-7-6-12-4-2-5-13(12)10-14/h6-7,10,17H,2-5,8-9,11H2,1H3. The fourth-order valence-corrected chi connectivity index (χ4v) is 4.88. The second-order valence-corrected chi connectivity index (χ2v) is 8.16. The number of benzene rings is 1. The molecule has 1 aliphatic heterocycles. The number of β-amino-alcohol motifs (C(OH)–C–C–N with tert-alkyl or cyclic N) is 1. The molecule has 1 N–H and O–H groups in total. The van der Waals surface area contributed by atoms with Crippen LogP contribution in [-0.4, -0.2) is 36.5 Å². The van der Waals surface area contributed by atoms with Gasteiger partial charge in [0.2, 0.25) is 10.0 Å². The van der Waals surface area contributed by atoms with Crippen LogP contribution in [0.1, 0.15) is 37.3 Å². The average Bonchev–Trinajstić information content (AvgIpc) is 2.84. The SMILES string of the molecule is CC1(O)CCCN(S(=O)(=O)c2ccc3c(c2)CCC3)C1. The summed E-state index contributed by atoms with van der Waals surface area (Å²) >= 11 is 0. The molecule has 1 saturated heterocycles. The molecule has 1 aromatic carbocycles. The molecule has 0 radical (unpaired) electrons. The van der Waals surface area contributed by atoms with E-state index in [2.05, 4.69) is 0 Å². The van der Waals surface area contributed by atoms with E-state index in [1.807, 2.05) is 12.1 Å². The van der Waals surface area contributed by atoms with Gasteiger partial charge in [-0.15, -0.1) is 0 Å². The van der Waals surface area contributed by atoms with Crippen LogP contribution in [0, 0.1) is 0 Å². The largest absolute Gasteiger partial charge is 0.389 e. The van der Waals surface area contributed by atoms with Crippen molar-refractivity contribution in [1.82, 2.24) is 4.31 Å². The van der Waals surface area contributed by atoms with E-state index >= 15 is 0 Å². The zero-order valence-corrected chi connectivity index (χ0v) is 12.6. The number of aliphatic hydroxyl groups is 1. The lowest BCUT2D eigenvalue weighted by molar-refractivity contribution is 0.00940. The van der Waals surface area contributed by atoms with E-state index < -0.39 is 15.6 Å². The molecule has 1 atom stereocenters. The van der Waals surface area contributed by atoms with Gasteiger partial charge in [0.05, 0.1) is 10.5 Å². The van der Waals surface area contributed by atoms with Crippen LogP contribution in [-0.2, 0) is 22.9 Å². The van der Waals surface area contributed by atoms with Crippen LogP contribution >= 0.6 is 0 Å². The van der Waals surface area contributed by atoms with Crippen LogP contribution in [0.25, 0.3) is 0 Å². The lowest BCUT2D eigenvalue weighted by Crippen LogP contribution is -2.48. The van der Waals surface area contributed by atoms with E-state index in [-0.39, 0.29) is 6.54 Å². The van der Waals surface area contributed by atoms with Crippen LogP contribution in [0.3, 0.4) is 0 Å². The average molecular weight is 295 g/mol. The Kier molecular flexibility index (Phi) is 3.39. The molecule has 20 heavy (non-hydrogen) atoms. The van der Waals surface area contributed by atoms with Crippen LogP contribution in [0.2, 0.25) is 0 Å². The molecule has 1 heterocycles. The van der Waals surface area contributed by atoms with Gasteiger partial charge in [-0.05, 0) is 62.3 Å². The van der Waals surface area contributed by atoms with Gasteiger partial charge in [0.25, 0.3) is 0 Å². The van der Waals surface area contributed by atoms with Crippen molar-refractivity contribution in [2.45, 2.75) is 49.5 Å². The van der Waals surface area contributed by atoms with Crippen molar-refractivity contribution < 1.29 is 13.5 Å². The van der Waals surface area contributed by atoms with Gasteiger partial charge in [0.15, 0.2) is 0 Å². The van der Waals surface area contributed by atoms with Gasteiger partial charge in [0, 0.05) is 13.1 Å². The molecule has 0 spiro atoms. The maximum atomic E-state index is 12.7. The van der Waals surface area contributed by atoms with Crippen molar-refractivity contribution in [3.63, 3.8) is 0 Å². The lowest BCUT2D eigenvalue weighted by atomic mass is 9.97. The Morgan fingerprint density at radius 3 is 2.70 bits per heavy atom. The second-order valence-electron chi connectivity index (χ2n) is 6.22. The van der Waals surface area contributed by atoms with Crippen molar-refractivity contribution in [2.24, 2.45) is 0 Å². The summed E-state index contributed by atoms with van der Waals surface area (Å²) < 4.78 is 26.8. The molecule has 3 rings (SSSR count). The highest BCUT2D eigenvalue weighted by Gasteiger charge is 2.35. The summed E-state index contributed by atoms with van der Waals surface area (Å²) in [5, 5.41) is 10.1. The Morgan fingerprint density at radius 2 is 1.95 bits per heavy atom. The third kappa shape index (κ3) is 2.50. The predicted octanol–water partition coefficient (Wildman–Crippen LogP) is 1.71. The molecule has 0 saturated carbocycles. The first-order chi connectivity index (χ1) is 9.38. The molecule has 5 heteroatoms. The molecule has 1 fully saturated rings. The maximum absolute atomic E-state index is 12.7.